The van der Waals surface area contributed by atoms with Crippen LogP contribution in [0.1, 0.15) is 34.3 Å². The number of aryl methyl sites for hydroxylation is 1. The molecule has 1 amide bonds. The second-order valence-electron chi connectivity index (χ2n) is 8.98. The third-order valence-corrected chi connectivity index (χ3v) is 7.23. The Kier molecular flexibility index (Phi) is 4.89. The first-order valence-electron chi connectivity index (χ1n) is 10.9. The van der Waals surface area contributed by atoms with Gasteiger partial charge in [-0.25, -0.2) is 0 Å². The summed E-state index contributed by atoms with van der Waals surface area (Å²) >= 11 is 0. The Bertz CT molecular complexity index is 768. The number of likely N-dealkylation sites (N-methyl/N-ethyl adjacent to an activating group) is 1. The van der Waals surface area contributed by atoms with Crippen LogP contribution < -0.4 is 0 Å². The molecule has 150 valence electrons. The van der Waals surface area contributed by atoms with Crippen molar-refractivity contribution in [3.63, 3.8) is 0 Å². The summed E-state index contributed by atoms with van der Waals surface area (Å²) in [6.45, 7) is 7.40. The lowest BCUT2D eigenvalue weighted by atomic mass is 9.86. The van der Waals surface area contributed by atoms with Crippen LogP contribution in [0.5, 0.6) is 0 Å². The van der Waals surface area contributed by atoms with Gasteiger partial charge in [-0.3, -0.25) is 9.69 Å². The van der Waals surface area contributed by atoms with E-state index in [2.05, 4.69) is 57.1 Å². The molecule has 0 aromatic heterocycles. The van der Waals surface area contributed by atoms with E-state index in [-0.39, 0.29) is 5.91 Å². The molecule has 0 spiro atoms. The van der Waals surface area contributed by atoms with Crippen molar-refractivity contribution >= 4 is 5.91 Å². The van der Waals surface area contributed by atoms with E-state index in [4.69, 9.17) is 0 Å². The van der Waals surface area contributed by atoms with Crippen molar-refractivity contribution in [2.24, 2.45) is 0 Å². The topological polar surface area (TPSA) is 30.0 Å². The third kappa shape index (κ3) is 3.46. The minimum absolute atomic E-state index is 0.218. The molecule has 5 nitrogen and oxygen atoms in total. The molecular formula is C23H32N4O. The fourth-order valence-corrected chi connectivity index (χ4v) is 5.36. The number of carbonyl (C=O) groups is 1. The molecule has 0 radical (unpaired) electrons. The van der Waals surface area contributed by atoms with E-state index in [0.717, 1.165) is 44.5 Å². The average molecular weight is 381 g/mol. The molecule has 5 rings (SSSR count). The zero-order chi connectivity index (χ0) is 19.1. The molecule has 3 aliphatic heterocycles. The van der Waals surface area contributed by atoms with Gasteiger partial charge in [0.05, 0.1) is 0 Å². The van der Waals surface area contributed by atoms with Crippen molar-refractivity contribution in [3.05, 3.63) is 47.2 Å². The Labute approximate surface area is 168 Å². The van der Waals surface area contributed by atoms with E-state index in [1.807, 2.05) is 0 Å². The zero-order valence-corrected chi connectivity index (χ0v) is 17.0. The smallest absolute Gasteiger partial charge is 0.253 e. The second kappa shape index (κ2) is 7.53. The molecule has 28 heavy (non-hydrogen) atoms. The van der Waals surface area contributed by atoms with E-state index in [1.165, 1.54) is 43.7 Å². The van der Waals surface area contributed by atoms with Gasteiger partial charge in [0.2, 0.25) is 0 Å². The highest BCUT2D eigenvalue weighted by Crippen LogP contribution is 2.27. The summed E-state index contributed by atoms with van der Waals surface area (Å²) in [5.41, 5.74) is 3.74. The Hall–Kier alpha value is -1.85. The van der Waals surface area contributed by atoms with Gasteiger partial charge in [0.15, 0.2) is 0 Å². The van der Waals surface area contributed by atoms with Crippen LogP contribution in [0.25, 0.3) is 0 Å². The third-order valence-electron chi connectivity index (χ3n) is 7.23. The number of hydrogen-bond donors (Lipinski definition) is 0. The predicted molar refractivity (Wildman–Crippen MR) is 111 cm³/mol. The maximum absolute atomic E-state index is 13.1. The number of nitrogens with zero attached hydrogens (tertiary/aromatic N) is 4. The molecule has 2 saturated heterocycles. The summed E-state index contributed by atoms with van der Waals surface area (Å²) in [5.74, 6) is 0.218. The Morgan fingerprint density at radius 2 is 1.86 bits per heavy atom. The molecule has 5 heteroatoms. The largest absolute Gasteiger partial charge is 0.371 e. The van der Waals surface area contributed by atoms with Gasteiger partial charge in [-0.05, 0) is 62.2 Å². The average Bonchev–Trinajstić information content (AvgIpc) is 3.21. The zero-order valence-electron chi connectivity index (χ0n) is 17.0. The monoisotopic (exact) mass is 380 g/mol. The van der Waals surface area contributed by atoms with Crippen LogP contribution in [0.2, 0.25) is 0 Å². The minimum Gasteiger partial charge on any atom is -0.371 e. The van der Waals surface area contributed by atoms with E-state index in [0.29, 0.717) is 12.1 Å². The Morgan fingerprint density at radius 1 is 1.00 bits per heavy atom. The van der Waals surface area contributed by atoms with Gasteiger partial charge in [-0.2, -0.15) is 0 Å². The SMILES string of the molecule is CN1CCN(C2CCc3cc(C(=O)N4CCN5C=CCC5C4)ccc3C2)CC1. The van der Waals surface area contributed by atoms with Gasteiger partial charge in [-0.1, -0.05) is 12.1 Å². The van der Waals surface area contributed by atoms with Crippen LogP contribution in [0, 0.1) is 0 Å². The summed E-state index contributed by atoms with van der Waals surface area (Å²) in [4.78, 5) is 22.6. The van der Waals surface area contributed by atoms with Gasteiger partial charge in [0.1, 0.15) is 0 Å². The van der Waals surface area contributed by atoms with Gasteiger partial charge in [0.25, 0.3) is 5.91 Å². The number of amides is 1. The first-order chi connectivity index (χ1) is 13.7. The molecule has 0 bridgehead atoms. The lowest BCUT2D eigenvalue weighted by Crippen LogP contribution is -2.51. The van der Waals surface area contributed by atoms with Crippen molar-refractivity contribution in [3.8, 4) is 0 Å². The molecule has 2 atom stereocenters. The maximum Gasteiger partial charge on any atom is 0.253 e. The molecule has 2 fully saturated rings. The van der Waals surface area contributed by atoms with E-state index < -0.39 is 0 Å². The van der Waals surface area contributed by atoms with Crippen molar-refractivity contribution in [2.75, 3.05) is 52.9 Å². The number of benzene rings is 1. The number of carbonyl (C=O) groups excluding carboxylic acids is 1. The van der Waals surface area contributed by atoms with Gasteiger partial charge >= 0.3 is 0 Å². The molecule has 2 unspecified atom stereocenters. The normalized spacial score (nSPS) is 28.3. The number of hydrogen-bond acceptors (Lipinski definition) is 4. The quantitative estimate of drug-likeness (QED) is 0.783. The highest BCUT2D eigenvalue weighted by Gasteiger charge is 2.31. The van der Waals surface area contributed by atoms with E-state index in [9.17, 15) is 4.79 Å². The van der Waals surface area contributed by atoms with Crippen LogP contribution in [-0.2, 0) is 12.8 Å². The molecule has 4 aliphatic rings. The fourth-order valence-electron chi connectivity index (χ4n) is 5.36. The first kappa shape index (κ1) is 18.2. The van der Waals surface area contributed by atoms with Crippen molar-refractivity contribution in [2.45, 2.75) is 37.8 Å². The molecule has 0 saturated carbocycles. The highest BCUT2D eigenvalue weighted by atomic mass is 16.2. The number of fused-ring (bicyclic) bond motifs is 2. The predicted octanol–water partition coefficient (Wildman–Crippen LogP) is 1.84. The lowest BCUT2D eigenvalue weighted by Gasteiger charge is -2.40. The molecule has 0 N–H and O–H groups in total. The van der Waals surface area contributed by atoms with Crippen LogP contribution in [0.4, 0.5) is 0 Å². The molecular weight excluding hydrogens is 348 g/mol. The molecule has 1 aliphatic carbocycles. The van der Waals surface area contributed by atoms with Crippen molar-refractivity contribution in [1.29, 1.82) is 0 Å². The van der Waals surface area contributed by atoms with E-state index in [1.54, 1.807) is 0 Å². The summed E-state index contributed by atoms with van der Waals surface area (Å²) in [6.07, 6.45) is 8.96. The van der Waals surface area contributed by atoms with E-state index >= 15 is 0 Å². The highest BCUT2D eigenvalue weighted by molar-refractivity contribution is 5.94. The van der Waals surface area contributed by atoms with Crippen LogP contribution in [-0.4, -0.2) is 90.5 Å². The van der Waals surface area contributed by atoms with Gasteiger partial charge < -0.3 is 14.7 Å². The molecule has 1 aromatic carbocycles. The van der Waals surface area contributed by atoms with Crippen molar-refractivity contribution in [1.82, 2.24) is 19.6 Å². The summed E-state index contributed by atoms with van der Waals surface area (Å²) in [5, 5.41) is 0. The second-order valence-corrected chi connectivity index (χ2v) is 8.98. The summed E-state index contributed by atoms with van der Waals surface area (Å²) < 4.78 is 0. The number of rotatable bonds is 2. The Balaban J connectivity index is 1.25. The first-order valence-corrected chi connectivity index (χ1v) is 10.9. The molecule has 1 aromatic rings. The van der Waals surface area contributed by atoms with Gasteiger partial charge in [-0.15, -0.1) is 0 Å². The fraction of sp³-hybridized carbons (Fsp3) is 0.609. The van der Waals surface area contributed by atoms with Crippen molar-refractivity contribution < 1.29 is 4.79 Å². The summed E-state index contributed by atoms with van der Waals surface area (Å²) in [7, 11) is 2.22. The van der Waals surface area contributed by atoms with Crippen LogP contribution >= 0.6 is 0 Å². The number of piperazine rings is 2. The van der Waals surface area contributed by atoms with Crippen LogP contribution in [0.3, 0.4) is 0 Å². The minimum atomic E-state index is 0.218. The molecule has 3 heterocycles. The lowest BCUT2D eigenvalue weighted by molar-refractivity contribution is 0.0607. The standard InChI is InChI=1S/C23H32N4O/c1-24-9-11-26(12-10-24)21-7-6-18-15-20(5-4-19(18)16-21)23(28)27-14-13-25-8-2-3-22(25)17-27/h2,4-5,8,15,21-22H,3,6-7,9-14,16-17H2,1H3. The van der Waals surface area contributed by atoms with Gasteiger partial charge in [0, 0.05) is 63.5 Å². The maximum atomic E-state index is 13.1. The van der Waals surface area contributed by atoms with Crippen LogP contribution in [0.15, 0.2) is 30.5 Å². The summed E-state index contributed by atoms with van der Waals surface area (Å²) in [6, 6.07) is 7.66. The Morgan fingerprint density at radius 3 is 2.71 bits per heavy atom.